The molecule has 0 spiro atoms. The molecule has 17 heavy (non-hydrogen) atoms. The quantitative estimate of drug-likeness (QED) is 0.497. The first-order chi connectivity index (χ1) is 8.11. The molecule has 0 aliphatic rings. The van der Waals surface area contributed by atoms with Gasteiger partial charge < -0.3 is 9.64 Å². The van der Waals surface area contributed by atoms with Gasteiger partial charge in [0.25, 0.3) is 0 Å². The fourth-order valence-electron chi connectivity index (χ4n) is 0.863. The minimum Gasteiger partial charge on any atom is -0.497 e. The maximum Gasteiger partial charge on any atom is 0.111 e. The zero-order valence-corrected chi connectivity index (χ0v) is 12.8. The first kappa shape index (κ1) is 21.1. The van der Waals surface area contributed by atoms with Crippen molar-refractivity contribution < 1.29 is 4.74 Å². The van der Waals surface area contributed by atoms with Gasteiger partial charge in [-0.05, 0) is 18.6 Å². The van der Waals surface area contributed by atoms with Gasteiger partial charge in [-0.15, -0.1) is 0 Å². The third-order valence-electron chi connectivity index (χ3n) is 1.77. The highest BCUT2D eigenvalue weighted by molar-refractivity contribution is 5.20. The molecule has 0 saturated heterocycles. The fourth-order valence-corrected chi connectivity index (χ4v) is 0.863. The van der Waals surface area contributed by atoms with E-state index in [0.29, 0.717) is 5.76 Å². The predicted octanol–water partition coefficient (Wildman–Crippen LogP) is 4.61. The molecule has 2 nitrogen and oxygen atoms in total. The zero-order valence-electron chi connectivity index (χ0n) is 12.8. The van der Waals surface area contributed by atoms with E-state index in [1.54, 1.807) is 7.11 Å². The molecule has 0 saturated carbocycles. The Labute approximate surface area is 109 Å². The number of rotatable bonds is 6. The van der Waals surface area contributed by atoms with E-state index in [1.165, 1.54) is 0 Å². The number of hydrogen-bond donors (Lipinski definition) is 0. The predicted molar refractivity (Wildman–Crippen MR) is 80.0 cm³/mol. The van der Waals surface area contributed by atoms with Crippen LogP contribution in [0, 0.1) is 0 Å². The van der Waals surface area contributed by atoms with Crippen LogP contribution in [0.2, 0.25) is 0 Å². The van der Waals surface area contributed by atoms with Crippen molar-refractivity contribution in [1.82, 2.24) is 4.90 Å². The molecule has 0 aliphatic carbocycles. The van der Waals surface area contributed by atoms with Gasteiger partial charge in [0.15, 0.2) is 0 Å². The van der Waals surface area contributed by atoms with E-state index in [-0.39, 0.29) is 0 Å². The highest BCUT2D eigenvalue weighted by atomic mass is 16.5. The molecule has 0 amide bonds. The molecule has 0 aromatic heterocycles. The van der Waals surface area contributed by atoms with Crippen molar-refractivity contribution >= 4 is 0 Å². The lowest BCUT2D eigenvalue weighted by molar-refractivity contribution is 0.308. The molecular formula is C15H31NO. The first-order valence-electron chi connectivity index (χ1n) is 6.42. The second kappa shape index (κ2) is 17.2. The van der Waals surface area contributed by atoms with Gasteiger partial charge in [0, 0.05) is 19.3 Å². The lowest BCUT2D eigenvalue weighted by atomic mass is 10.3. The van der Waals surface area contributed by atoms with Crippen LogP contribution in [0.15, 0.2) is 36.8 Å². The highest BCUT2D eigenvalue weighted by Crippen LogP contribution is 2.03. The summed E-state index contributed by atoms with van der Waals surface area (Å²) in [5.74, 6) is 0.644. The van der Waals surface area contributed by atoms with Crippen molar-refractivity contribution in [2.24, 2.45) is 0 Å². The summed E-state index contributed by atoms with van der Waals surface area (Å²) in [7, 11) is 3.62. The lowest BCUT2D eigenvalue weighted by Crippen LogP contribution is -2.16. The number of methoxy groups -OCH3 is 1. The SMILES string of the molecule is C=C(/C=C\C(=C)N(C)CCC)OC.CC.CC. The molecule has 0 rings (SSSR count). The second-order valence-electron chi connectivity index (χ2n) is 2.92. The van der Waals surface area contributed by atoms with Crippen molar-refractivity contribution in [3.05, 3.63) is 36.8 Å². The number of ether oxygens (including phenoxy) is 1. The first-order valence-corrected chi connectivity index (χ1v) is 6.42. The maximum atomic E-state index is 4.90. The Morgan fingerprint density at radius 2 is 1.59 bits per heavy atom. The molecule has 0 aromatic carbocycles. The van der Waals surface area contributed by atoms with Crippen LogP contribution >= 0.6 is 0 Å². The Hall–Kier alpha value is -1.18. The van der Waals surface area contributed by atoms with Crippen LogP contribution in [0.3, 0.4) is 0 Å². The van der Waals surface area contributed by atoms with E-state index in [9.17, 15) is 0 Å². The van der Waals surface area contributed by atoms with Crippen molar-refractivity contribution in [2.75, 3.05) is 20.7 Å². The lowest BCUT2D eigenvalue weighted by Gasteiger charge is -2.17. The van der Waals surface area contributed by atoms with E-state index in [0.717, 1.165) is 18.7 Å². The molecular weight excluding hydrogens is 210 g/mol. The van der Waals surface area contributed by atoms with Crippen LogP contribution < -0.4 is 0 Å². The van der Waals surface area contributed by atoms with Crippen molar-refractivity contribution in [2.45, 2.75) is 41.0 Å². The molecule has 0 unspecified atom stereocenters. The highest BCUT2D eigenvalue weighted by Gasteiger charge is 1.95. The Kier molecular flexibility index (Phi) is 21.4. The summed E-state index contributed by atoms with van der Waals surface area (Å²) in [6.07, 6.45) is 4.84. The standard InChI is InChI=1S/C11H19NO.2C2H6/c1-6-9-12(4)10(2)7-8-11(3)13-5;2*1-2/h7-8H,2-3,6,9H2,1,4-5H3;2*1-2H3/b8-7-;;. The van der Waals surface area contributed by atoms with Gasteiger partial charge in [-0.25, -0.2) is 0 Å². The summed E-state index contributed by atoms with van der Waals surface area (Å²) in [6, 6.07) is 0. The van der Waals surface area contributed by atoms with Gasteiger partial charge in [-0.3, -0.25) is 0 Å². The summed E-state index contributed by atoms with van der Waals surface area (Å²) in [5, 5.41) is 0. The van der Waals surface area contributed by atoms with Crippen molar-refractivity contribution in [3.63, 3.8) is 0 Å². The van der Waals surface area contributed by atoms with Gasteiger partial charge in [0.2, 0.25) is 0 Å². The van der Waals surface area contributed by atoms with Gasteiger partial charge >= 0.3 is 0 Å². The molecule has 0 atom stereocenters. The van der Waals surface area contributed by atoms with Gasteiger partial charge in [0.05, 0.1) is 7.11 Å². The number of hydrogen-bond acceptors (Lipinski definition) is 2. The smallest absolute Gasteiger partial charge is 0.111 e. The third kappa shape index (κ3) is 14.8. The summed E-state index contributed by atoms with van der Waals surface area (Å²) < 4.78 is 4.90. The van der Waals surface area contributed by atoms with Crippen LogP contribution in [0.1, 0.15) is 41.0 Å². The summed E-state index contributed by atoms with van der Waals surface area (Å²) in [6.45, 7) is 18.8. The molecule has 2 heteroatoms. The van der Waals surface area contributed by atoms with Crippen molar-refractivity contribution in [3.8, 4) is 0 Å². The van der Waals surface area contributed by atoms with E-state index in [2.05, 4.69) is 25.0 Å². The summed E-state index contributed by atoms with van der Waals surface area (Å²) in [5.41, 5.74) is 0.972. The van der Waals surface area contributed by atoms with E-state index in [4.69, 9.17) is 4.74 Å². The molecule has 0 heterocycles. The van der Waals surface area contributed by atoms with Crippen LogP contribution in [0.5, 0.6) is 0 Å². The largest absolute Gasteiger partial charge is 0.497 e. The van der Waals surface area contributed by atoms with Crippen LogP contribution in [-0.2, 0) is 4.74 Å². The normalized spacial score (nSPS) is 8.41. The molecule has 0 radical (unpaired) electrons. The Bertz CT molecular complexity index is 207. The Balaban J connectivity index is -0.000000439. The Morgan fingerprint density at radius 3 is 1.94 bits per heavy atom. The summed E-state index contributed by atoms with van der Waals surface area (Å²) >= 11 is 0. The van der Waals surface area contributed by atoms with Crippen LogP contribution in [-0.4, -0.2) is 25.6 Å². The van der Waals surface area contributed by atoms with Gasteiger partial charge in [0.1, 0.15) is 5.76 Å². The molecule has 0 aliphatic heterocycles. The minimum absolute atomic E-state index is 0.644. The topological polar surface area (TPSA) is 12.5 Å². The molecule has 102 valence electrons. The Morgan fingerprint density at radius 1 is 1.12 bits per heavy atom. The number of nitrogens with zero attached hydrogens (tertiary/aromatic N) is 1. The molecule has 0 N–H and O–H groups in total. The van der Waals surface area contributed by atoms with Gasteiger partial charge in [-0.1, -0.05) is 47.8 Å². The molecule has 0 aromatic rings. The third-order valence-corrected chi connectivity index (χ3v) is 1.77. The average molecular weight is 241 g/mol. The monoisotopic (exact) mass is 241 g/mol. The van der Waals surface area contributed by atoms with Crippen molar-refractivity contribution in [1.29, 1.82) is 0 Å². The molecule has 0 fully saturated rings. The van der Waals surface area contributed by atoms with Crippen LogP contribution in [0.25, 0.3) is 0 Å². The minimum atomic E-state index is 0.644. The zero-order chi connectivity index (χ0) is 14.3. The van der Waals surface area contributed by atoms with E-state index < -0.39 is 0 Å². The second-order valence-corrected chi connectivity index (χ2v) is 2.92. The van der Waals surface area contributed by atoms with E-state index in [1.807, 2.05) is 46.9 Å². The average Bonchev–Trinajstić information content (AvgIpc) is 2.40. The fraction of sp³-hybridized carbons (Fsp3) is 0.600. The molecule has 0 bridgehead atoms. The number of likely N-dealkylation sites (N-methyl/N-ethyl adjacent to an activating group) is 1. The summed E-state index contributed by atoms with van der Waals surface area (Å²) in [4.78, 5) is 2.10. The number of allylic oxidation sites excluding steroid dienone is 2. The van der Waals surface area contributed by atoms with Crippen LogP contribution in [0.4, 0.5) is 0 Å². The van der Waals surface area contributed by atoms with Gasteiger partial charge in [-0.2, -0.15) is 0 Å². The maximum absolute atomic E-state index is 4.90. The van der Waals surface area contributed by atoms with E-state index >= 15 is 0 Å².